The Hall–Kier alpha value is -0.770. The van der Waals surface area contributed by atoms with Gasteiger partial charge in [0.1, 0.15) is 0 Å². The van der Waals surface area contributed by atoms with Gasteiger partial charge in [-0.15, -0.1) is 18.3 Å². The zero-order valence-corrected chi connectivity index (χ0v) is 12.0. The second-order valence-corrected chi connectivity index (χ2v) is 5.30. The molecule has 0 radical (unpaired) electrons. The van der Waals surface area contributed by atoms with Crippen molar-refractivity contribution in [3.05, 3.63) is 42.5 Å². The van der Waals surface area contributed by atoms with E-state index in [9.17, 15) is 0 Å². The van der Waals surface area contributed by atoms with Crippen molar-refractivity contribution in [1.29, 1.82) is 0 Å². The third-order valence-corrected chi connectivity index (χ3v) is 3.86. The molecule has 0 amide bonds. The third kappa shape index (κ3) is 5.25. The van der Waals surface area contributed by atoms with Gasteiger partial charge in [0.15, 0.2) is 0 Å². The second-order valence-electron chi connectivity index (χ2n) is 4.42. The Morgan fingerprint density at radius 1 is 1.28 bits per heavy atom. The highest BCUT2D eigenvalue weighted by Gasteiger charge is 2.08. The highest BCUT2D eigenvalue weighted by atomic mass is 32.2. The first-order chi connectivity index (χ1) is 8.81. The van der Waals surface area contributed by atoms with E-state index in [1.165, 1.54) is 29.7 Å². The van der Waals surface area contributed by atoms with Crippen LogP contribution >= 0.6 is 11.8 Å². The summed E-state index contributed by atoms with van der Waals surface area (Å²) in [4.78, 5) is 1.29. The SMILES string of the molecule is C=CCCCCCC(NN)c1ccc(SC)cc1. The molecule has 0 fully saturated rings. The van der Waals surface area contributed by atoms with Crippen molar-refractivity contribution in [3.8, 4) is 0 Å². The van der Waals surface area contributed by atoms with Gasteiger partial charge in [0, 0.05) is 10.9 Å². The Kier molecular flexibility index (Phi) is 7.81. The largest absolute Gasteiger partial charge is 0.271 e. The summed E-state index contributed by atoms with van der Waals surface area (Å²) in [6.07, 6.45) is 9.95. The molecule has 0 spiro atoms. The number of nitrogens with one attached hydrogen (secondary N) is 1. The fourth-order valence-electron chi connectivity index (χ4n) is 2.00. The number of nitrogens with two attached hydrogens (primary N) is 1. The molecule has 2 nitrogen and oxygen atoms in total. The number of allylic oxidation sites excluding steroid dienone is 1. The summed E-state index contributed by atoms with van der Waals surface area (Å²) in [7, 11) is 0. The topological polar surface area (TPSA) is 38.0 Å². The molecular formula is C15H24N2S. The maximum absolute atomic E-state index is 5.64. The van der Waals surface area contributed by atoms with Crippen molar-refractivity contribution in [2.45, 2.75) is 43.0 Å². The molecular weight excluding hydrogens is 240 g/mol. The van der Waals surface area contributed by atoms with E-state index in [2.05, 4.69) is 42.5 Å². The summed E-state index contributed by atoms with van der Waals surface area (Å²) in [5.74, 6) is 5.64. The molecule has 0 bridgehead atoms. The lowest BCUT2D eigenvalue weighted by atomic mass is 10.0. The lowest BCUT2D eigenvalue weighted by Crippen LogP contribution is -2.27. The molecule has 0 saturated heterocycles. The van der Waals surface area contributed by atoms with Crippen LogP contribution in [0.5, 0.6) is 0 Å². The smallest absolute Gasteiger partial charge is 0.0460 e. The standard InChI is InChI=1S/C15H24N2S/c1-3-4-5-6-7-8-15(17-16)13-9-11-14(18-2)12-10-13/h3,9-12,15,17H,1,4-8,16H2,2H3. The molecule has 1 atom stereocenters. The molecule has 18 heavy (non-hydrogen) atoms. The van der Waals surface area contributed by atoms with Gasteiger partial charge >= 0.3 is 0 Å². The van der Waals surface area contributed by atoms with Crippen molar-refractivity contribution >= 4 is 11.8 Å². The van der Waals surface area contributed by atoms with Gasteiger partial charge in [0.2, 0.25) is 0 Å². The molecule has 3 heteroatoms. The predicted molar refractivity (Wildman–Crippen MR) is 81.6 cm³/mol. The van der Waals surface area contributed by atoms with Crippen LogP contribution in [0.15, 0.2) is 41.8 Å². The summed E-state index contributed by atoms with van der Waals surface area (Å²) in [6, 6.07) is 8.91. The van der Waals surface area contributed by atoms with Crippen LogP contribution in [0.2, 0.25) is 0 Å². The van der Waals surface area contributed by atoms with Gasteiger partial charge in [-0.05, 0) is 43.2 Å². The third-order valence-electron chi connectivity index (χ3n) is 3.12. The van der Waals surface area contributed by atoms with Gasteiger partial charge in [-0.3, -0.25) is 11.3 Å². The number of benzene rings is 1. The average Bonchev–Trinajstić information content (AvgIpc) is 2.43. The van der Waals surface area contributed by atoms with E-state index in [-0.39, 0.29) is 6.04 Å². The van der Waals surface area contributed by atoms with E-state index in [1.54, 1.807) is 11.8 Å². The predicted octanol–water partition coefficient (Wildman–Crippen LogP) is 4.05. The Balaban J connectivity index is 2.41. The second kappa shape index (κ2) is 9.20. The van der Waals surface area contributed by atoms with Crippen LogP contribution in [0.4, 0.5) is 0 Å². The number of rotatable bonds is 9. The zero-order chi connectivity index (χ0) is 13.2. The molecule has 1 unspecified atom stereocenters. The van der Waals surface area contributed by atoms with Crippen LogP contribution in [0.1, 0.15) is 43.7 Å². The van der Waals surface area contributed by atoms with Crippen molar-refractivity contribution in [1.82, 2.24) is 5.43 Å². The van der Waals surface area contributed by atoms with E-state index in [1.807, 2.05) is 6.08 Å². The molecule has 3 N–H and O–H groups in total. The Labute approximate surface area is 115 Å². The maximum Gasteiger partial charge on any atom is 0.0460 e. The quantitative estimate of drug-likeness (QED) is 0.232. The molecule has 1 rings (SSSR count). The molecule has 100 valence electrons. The number of unbranched alkanes of at least 4 members (excludes halogenated alkanes) is 3. The molecule has 0 saturated carbocycles. The summed E-state index contributed by atoms with van der Waals surface area (Å²) < 4.78 is 0. The van der Waals surface area contributed by atoms with E-state index < -0.39 is 0 Å². The van der Waals surface area contributed by atoms with Crippen LogP contribution in [0.3, 0.4) is 0 Å². The van der Waals surface area contributed by atoms with Crippen molar-refractivity contribution in [3.63, 3.8) is 0 Å². The van der Waals surface area contributed by atoms with E-state index >= 15 is 0 Å². The lowest BCUT2D eigenvalue weighted by molar-refractivity contribution is 0.484. The van der Waals surface area contributed by atoms with E-state index in [4.69, 9.17) is 5.84 Å². The summed E-state index contributed by atoms with van der Waals surface area (Å²) in [5, 5.41) is 0. The van der Waals surface area contributed by atoms with Gasteiger partial charge < -0.3 is 0 Å². The van der Waals surface area contributed by atoms with Crippen molar-refractivity contribution in [2.24, 2.45) is 5.84 Å². The molecule has 0 aliphatic carbocycles. The zero-order valence-electron chi connectivity index (χ0n) is 11.2. The molecule has 0 heterocycles. The molecule has 1 aromatic carbocycles. The van der Waals surface area contributed by atoms with E-state index in [0.717, 1.165) is 12.8 Å². The maximum atomic E-state index is 5.64. The van der Waals surface area contributed by atoms with Crippen LogP contribution < -0.4 is 11.3 Å². The van der Waals surface area contributed by atoms with Crippen LogP contribution in [-0.2, 0) is 0 Å². The molecule has 0 aliphatic rings. The van der Waals surface area contributed by atoms with Crippen LogP contribution in [0.25, 0.3) is 0 Å². The Morgan fingerprint density at radius 2 is 2.00 bits per heavy atom. The van der Waals surface area contributed by atoms with Crippen LogP contribution in [-0.4, -0.2) is 6.26 Å². The lowest BCUT2D eigenvalue weighted by Gasteiger charge is -2.16. The minimum absolute atomic E-state index is 0.268. The first-order valence-electron chi connectivity index (χ1n) is 6.52. The highest BCUT2D eigenvalue weighted by molar-refractivity contribution is 7.98. The minimum Gasteiger partial charge on any atom is -0.271 e. The fourth-order valence-corrected chi connectivity index (χ4v) is 2.40. The van der Waals surface area contributed by atoms with Crippen LogP contribution in [0, 0.1) is 0 Å². The first kappa shape index (κ1) is 15.3. The minimum atomic E-state index is 0.268. The van der Waals surface area contributed by atoms with Gasteiger partial charge in [-0.25, -0.2) is 0 Å². The average molecular weight is 264 g/mol. The van der Waals surface area contributed by atoms with Crippen molar-refractivity contribution in [2.75, 3.05) is 6.26 Å². The number of thioether (sulfide) groups is 1. The fraction of sp³-hybridized carbons (Fsp3) is 0.467. The summed E-state index contributed by atoms with van der Waals surface area (Å²) in [6.45, 7) is 3.74. The monoisotopic (exact) mass is 264 g/mol. The summed E-state index contributed by atoms with van der Waals surface area (Å²) in [5.41, 5.74) is 4.20. The Morgan fingerprint density at radius 3 is 2.56 bits per heavy atom. The highest BCUT2D eigenvalue weighted by Crippen LogP contribution is 2.22. The molecule has 0 aliphatic heterocycles. The van der Waals surface area contributed by atoms with Gasteiger partial charge in [0.05, 0.1) is 0 Å². The number of hydrazine groups is 1. The van der Waals surface area contributed by atoms with Gasteiger partial charge in [0.25, 0.3) is 0 Å². The first-order valence-corrected chi connectivity index (χ1v) is 7.75. The molecule has 0 aromatic heterocycles. The summed E-state index contributed by atoms with van der Waals surface area (Å²) >= 11 is 1.76. The number of hydrogen-bond donors (Lipinski definition) is 2. The normalized spacial score (nSPS) is 12.3. The molecule has 1 aromatic rings. The number of hydrogen-bond acceptors (Lipinski definition) is 3. The van der Waals surface area contributed by atoms with Gasteiger partial charge in [-0.1, -0.05) is 31.1 Å². The van der Waals surface area contributed by atoms with Gasteiger partial charge in [-0.2, -0.15) is 0 Å². The van der Waals surface area contributed by atoms with Crippen molar-refractivity contribution < 1.29 is 0 Å². The van der Waals surface area contributed by atoms with E-state index in [0.29, 0.717) is 0 Å². The Bertz CT molecular complexity index is 335.